The van der Waals surface area contributed by atoms with Gasteiger partial charge in [0.05, 0.1) is 10.6 Å². The number of rotatable bonds is 4. The monoisotopic (exact) mass is 406 g/mol. The standard InChI is InChI=1S/C18H15ClN2O3S2/c1-11-15(20)16(17(22)21-13-7-5-6-12(19)10-13)25-18(11)26(23,24)14-8-3-2-4-9-14/h2-10H,20H2,1H3,(H,21,22). The average molecular weight is 407 g/mol. The largest absolute Gasteiger partial charge is 0.397 e. The normalized spacial score (nSPS) is 11.3. The van der Waals surface area contributed by atoms with E-state index in [0.717, 1.165) is 11.3 Å². The molecule has 0 atom stereocenters. The lowest BCUT2D eigenvalue weighted by Crippen LogP contribution is -2.12. The second kappa shape index (κ2) is 7.11. The van der Waals surface area contributed by atoms with Crippen molar-refractivity contribution < 1.29 is 13.2 Å². The van der Waals surface area contributed by atoms with Crippen molar-refractivity contribution in [1.82, 2.24) is 0 Å². The quantitative estimate of drug-likeness (QED) is 0.672. The minimum absolute atomic E-state index is 0.0671. The molecule has 134 valence electrons. The van der Waals surface area contributed by atoms with E-state index in [0.29, 0.717) is 16.3 Å². The Hall–Kier alpha value is -2.35. The van der Waals surface area contributed by atoms with Crippen molar-refractivity contribution in [3.63, 3.8) is 0 Å². The van der Waals surface area contributed by atoms with Crippen LogP contribution >= 0.6 is 22.9 Å². The van der Waals surface area contributed by atoms with Crippen molar-refractivity contribution >= 4 is 50.1 Å². The molecule has 0 bridgehead atoms. The van der Waals surface area contributed by atoms with E-state index in [1.807, 2.05) is 0 Å². The van der Waals surface area contributed by atoms with Gasteiger partial charge >= 0.3 is 0 Å². The smallest absolute Gasteiger partial charge is 0.267 e. The van der Waals surface area contributed by atoms with Gasteiger partial charge in [-0.2, -0.15) is 0 Å². The molecule has 1 heterocycles. The number of sulfone groups is 1. The fourth-order valence-corrected chi connectivity index (χ4v) is 5.66. The predicted molar refractivity (Wildman–Crippen MR) is 105 cm³/mol. The van der Waals surface area contributed by atoms with E-state index in [9.17, 15) is 13.2 Å². The van der Waals surface area contributed by atoms with Crippen LogP contribution in [0.5, 0.6) is 0 Å². The van der Waals surface area contributed by atoms with Crippen molar-refractivity contribution in [3.05, 3.63) is 70.1 Å². The van der Waals surface area contributed by atoms with E-state index >= 15 is 0 Å². The van der Waals surface area contributed by atoms with Gasteiger partial charge in [0.2, 0.25) is 9.84 Å². The number of nitrogens with two attached hydrogens (primary N) is 1. The summed E-state index contributed by atoms with van der Waals surface area (Å²) in [6, 6.07) is 14.7. The Kier molecular flexibility index (Phi) is 5.04. The molecule has 26 heavy (non-hydrogen) atoms. The summed E-state index contributed by atoms with van der Waals surface area (Å²) in [7, 11) is -3.75. The summed E-state index contributed by atoms with van der Waals surface area (Å²) in [5.41, 5.74) is 7.05. The van der Waals surface area contributed by atoms with E-state index in [4.69, 9.17) is 17.3 Å². The highest BCUT2D eigenvalue weighted by atomic mass is 35.5. The molecule has 1 aromatic heterocycles. The molecule has 3 rings (SSSR count). The van der Waals surface area contributed by atoms with Gasteiger partial charge in [-0.15, -0.1) is 11.3 Å². The zero-order valence-electron chi connectivity index (χ0n) is 13.7. The number of hydrogen-bond donors (Lipinski definition) is 2. The Bertz CT molecular complexity index is 1080. The molecule has 8 heteroatoms. The fourth-order valence-electron chi connectivity index (χ4n) is 2.39. The molecule has 0 saturated heterocycles. The number of benzene rings is 2. The Morgan fingerprint density at radius 3 is 2.46 bits per heavy atom. The third-order valence-corrected chi connectivity index (χ3v) is 7.67. The summed E-state index contributed by atoms with van der Waals surface area (Å²) in [6.45, 7) is 1.60. The van der Waals surface area contributed by atoms with E-state index in [1.54, 1.807) is 49.4 Å². The molecule has 2 aromatic carbocycles. The number of amides is 1. The first-order chi connectivity index (χ1) is 12.3. The first kappa shape index (κ1) is 18.4. The number of carbonyl (C=O) groups is 1. The Labute approximate surface area is 160 Å². The van der Waals surface area contributed by atoms with Gasteiger partial charge < -0.3 is 11.1 Å². The number of carbonyl (C=O) groups excluding carboxylic acids is 1. The number of hydrogen-bond acceptors (Lipinski definition) is 5. The van der Waals surface area contributed by atoms with Crippen LogP contribution in [0.15, 0.2) is 63.7 Å². The van der Waals surface area contributed by atoms with Crippen LogP contribution in [0.3, 0.4) is 0 Å². The number of anilines is 2. The molecule has 3 aromatic rings. The van der Waals surface area contributed by atoms with Gasteiger partial charge in [0, 0.05) is 16.3 Å². The van der Waals surface area contributed by atoms with Gasteiger partial charge in [0.1, 0.15) is 9.09 Å². The minimum atomic E-state index is -3.75. The van der Waals surface area contributed by atoms with Crippen LogP contribution in [0.4, 0.5) is 11.4 Å². The summed E-state index contributed by atoms with van der Waals surface area (Å²) >= 11 is 6.77. The van der Waals surface area contributed by atoms with E-state index in [-0.39, 0.29) is 19.7 Å². The van der Waals surface area contributed by atoms with Crippen LogP contribution in [-0.4, -0.2) is 14.3 Å². The van der Waals surface area contributed by atoms with Crippen molar-refractivity contribution in [1.29, 1.82) is 0 Å². The van der Waals surface area contributed by atoms with Crippen LogP contribution in [0, 0.1) is 6.92 Å². The molecular formula is C18H15ClN2O3S2. The van der Waals surface area contributed by atoms with Gasteiger partial charge in [-0.05, 0) is 37.3 Å². The summed E-state index contributed by atoms with van der Waals surface area (Å²) < 4.78 is 25.8. The van der Waals surface area contributed by atoms with Crippen molar-refractivity contribution in [2.45, 2.75) is 16.0 Å². The van der Waals surface area contributed by atoms with E-state index in [2.05, 4.69) is 5.32 Å². The number of nitrogens with one attached hydrogen (secondary N) is 1. The molecule has 0 aliphatic rings. The van der Waals surface area contributed by atoms with Crippen LogP contribution < -0.4 is 11.1 Å². The second-order valence-electron chi connectivity index (χ2n) is 5.54. The number of nitrogen functional groups attached to an aromatic ring is 1. The van der Waals surface area contributed by atoms with Crippen LogP contribution in [0.2, 0.25) is 5.02 Å². The maximum absolute atomic E-state index is 12.9. The maximum Gasteiger partial charge on any atom is 0.267 e. The van der Waals surface area contributed by atoms with Crippen molar-refractivity contribution in [2.75, 3.05) is 11.1 Å². The molecule has 1 amide bonds. The number of thiophene rings is 1. The lowest BCUT2D eigenvalue weighted by molar-refractivity contribution is 0.103. The van der Waals surface area contributed by atoms with Gasteiger partial charge in [0.15, 0.2) is 0 Å². The lowest BCUT2D eigenvalue weighted by Gasteiger charge is -2.04. The minimum Gasteiger partial charge on any atom is -0.397 e. The Morgan fingerprint density at radius 1 is 1.12 bits per heavy atom. The van der Waals surface area contributed by atoms with Gasteiger partial charge in [-0.25, -0.2) is 8.42 Å². The molecule has 0 radical (unpaired) electrons. The fraction of sp³-hybridized carbons (Fsp3) is 0.0556. The third kappa shape index (κ3) is 3.46. The molecule has 0 saturated carbocycles. The van der Waals surface area contributed by atoms with E-state index < -0.39 is 15.7 Å². The lowest BCUT2D eigenvalue weighted by atomic mass is 10.2. The molecule has 0 unspecified atom stereocenters. The summed E-state index contributed by atoms with van der Waals surface area (Å²) in [6.07, 6.45) is 0. The SMILES string of the molecule is Cc1c(S(=O)(=O)c2ccccc2)sc(C(=O)Nc2cccc(Cl)c2)c1N. The van der Waals surface area contributed by atoms with Crippen molar-refractivity contribution in [3.8, 4) is 0 Å². The molecule has 3 N–H and O–H groups in total. The molecule has 5 nitrogen and oxygen atoms in total. The average Bonchev–Trinajstić information content (AvgIpc) is 2.92. The van der Waals surface area contributed by atoms with Gasteiger partial charge in [-0.1, -0.05) is 35.9 Å². The summed E-state index contributed by atoms with van der Waals surface area (Å²) in [5.74, 6) is -0.479. The zero-order chi connectivity index (χ0) is 18.9. The number of halogens is 1. The summed E-state index contributed by atoms with van der Waals surface area (Å²) in [4.78, 5) is 12.9. The van der Waals surface area contributed by atoms with Gasteiger partial charge in [0.25, 0.3) is 5.91 Å². The van der Waals surface area contributed by atoms with Crippen LogP contribution in [0.1, 0.15) is 15.2 Å². The summed E-state index contributed by atoms with van der Waals surface area (Å²) in [5, 5.41) is 3.16. The highest BCUT2D eigenvalue weighted by Crippen LogP contribution is 2.37. The molecule has 0 spiro atoms. The highest BCUT2D eigenvalue weighted by molar-refractivity contribution is 7.93. The van der Waals surface area contributed by atoms with E-state index in [1.165, 1.54) is 12.1 Å². The maximum atomic E-state index is 12.9. The first-order valence-electron chi connectivity index (χ1n) is 7.56. The Morgan fingerprint density at radius 2 is 1.81 bits per heavy atom. The third-order valence-electron chi connectivity index (χ3n) is 3.74. The Balaban J connectivity index is 1.99. The second-order valence-corrected chi connectivity index (χ2v) is 9.14. The molecule has 0 fully saturated rings. The predicted octanol–water partition coefficient (Wildman–Crippen LogP) is 4.38. The molecule has 0 aliphatic heterocycles. The van der Waals surface area contributed by atoms with Crippen LogP contribution in [0.25, 0.3) is 0 Å². The highest BCUT2D eigenvalue weighted by Gasteiger charge is 2.28. The first-order valence-corrected chi connectivity index (χ1v) is 10.2. The zero-order valence-corrected chi connectivity index (χ0v) is 16.1. The van der Waals surface area contributed by atoms with Crippen molar-refractivity contribution in [2.24, 2.45) is 0 Å². The topological polar surface area (TPSA) is 89.3 Å². The van der Waals surface area contributed by atoms with Crippen LogP contribution in [-0.2, 0) is 9.84 Å². The molecular weight excluding hydrogens is 392 g/mol. The van der Waals surface area contributed by atoms with Gasteiger partial charge in [-0.3, -0.25) is 4.79 Å². The molecule has 0 aliphatic carbocycles.